The molecular weight excluding hydrogens is 278 g/mol. The zero-order chi connectivity index (χ0) is 15.4. The van der Waals surface area contributed by atoms with Gasteiger partial charge in [0.05, 0.1) is 7.11 Å². The summed E-state index contributed by atoms with van der Waals surface area (Å²) in [5.41, 5.74) is 5.34. The van der Waals surface area contributed by atoms with Crippen molar-refractivity contribution in [2.45, 2.75) is 18.9 Å². The fourth-order valence-electron chi connectivity index (χ4n) is 3.92. The summed E-state index contributed by atoms with van der Waals surface area (Å²) in [7, 11) is 3.84. The molecule has 1 heterocycles. The predicted octanol–water partition coefficient (Wildman–Crippen LogP) is 2.86. The molecule has 0 fully saturated rings. The van der Waals surface area contributed by atoms with E-state index in [1.807, 2.05) is 18.2 Å². The van der Waals surface area contributed by atoms with E-state index in [1.165, 1.54) is 11.1 Å². The minimum atomic E-state index is -0.0640. The molecule has 4 heteroatoms. The molecule has 114 valence electrons. The first-order valence-electron chi connectivity index (χ1n) is 7.56. The van der Waals surface area contributed by atoms with Gasteiger partial charge >= 0.3 is 0 Å². The summed E-state index contributed by atoms with van der Waals surface area (Å²) in [5, 5.41) is 20.2. The first kappa shape index (κ1) is 13.5. The van der Waals surface area contributed by atoms with E-state index < -0.39 is 0 Å². The van der Waals surface area contributed by atoms with E-state index in [2.05, 4.69) is 11.9 Å². The van der Waals surface area contributed by atoms with Gasteiger partial charge in [0.25, 0.3) is 0 Å². The van der Waals surface area contributed by atoms with E-state index >= 15 is 0 Å². The second-order valence-electron chi connectivity index (χ2n) is 6.13. The number of hydrogen-bond donors (Lipinski definition) is 2. The molecule has 4 rings (SSSR count). The maximum absolute atomic E-state index is 10.4. The van der Waals surface area contributed by atoms with Gasteiger partial charge in [-0.3, -0.25) is 4.90 Å². The molecule has 2 aliphatic rings. The van der Waals surface area contributed by atoms with Gasteiger partial charge in [-0.15, -0.1) is 0 Å². The average Bonchev–Trinajstić information content (AvgIpc) is 2.53. The minimum absolute atomic E-state index is 0.0171. The Kier molecular flexibility index (Phi) is 2.84. The molecule has 0 aromatic heterocycles. The topological polar surface area (TPSA) is 52.9 Å². The maximum atomic E-state index is 10.4. The molecule has 1 atom stereocenters. The van der Waals surface area contributed by atoms with Gasteiger partial charge in [0, 0.05) is 23.7 Å². The van der Waals surface area contributed by atoms with E-state index in [0.29, 0.717) is 6.04 Å². The van der Waals surface area contributed by atoms with Crippen molar-refractivity contribution in [3.8, 4) is 28.4 Å². The van der Waals surface area contributed by atoms with Gasteiger partial charge in [0.1, 0.15) is 5.75 Å². The SMILES string of the molecule is COc1ccc2c3c1CCN(C)C3Cc1ccc(O)c(O)c1-2. The summed E-state index contributed by atoms with van der Waals surface area (Å²) in [5.74, 6) is 0.836. The number of rotatable bonds is 1. The van der Waals surface area contributed by atoms with Gasteiger partial charge in [0.2, 0.25) is 0 Å². The smallest absolute Gasteiger partial charge is 0.165 e. The van der Waals surface area contributed by atoms with Crippen LogP contribution in [0.4, 0.5) is 0 Å². The van der Waals surface area contributed by atoms with Gasteiger partial charge in [-0.1, -0.05) is 12.1 Å². The van der Waals surface area contributed by atoms with E-state index in [4.69, 9.17) is 4.74 Å². The molecule has 1 aliphatic heterocycles. The quantitative estimate of drug-likeness (QED) is 0.795. The van der Waals surface area contributed by atoms with Crippen molar-refractivity contribution in [2.24, 2.45) is 0 Å². The van der Waals surface area contributed by atoms with E-state index in [0.717, 1.165) is 41.8 Å². The summed E-state index contributed by atoms with van der Waals surface area (Å²) in [6.07, 6.45) is 1.78. The standard InChI is InChI=1S/C18H19NO3/c1-19-8-7-11-15(22-2)6-4-12-16-10(9-13(19)17(11)12)3-5-14(20)18(16)21/h3-6,13,20-21H,7-9H2,1-2H3. The maximum Gasteiger partial charge on any atom is 0.165 e. The Hall–Kier alpha value is -2.20. The first-order valence-corrected chi connectivity index (χ1v) is 7.56. The minimum Gasteiger partial charge on any atom is -0.504 e. The van der Waals surface area contributed by atoms with Crippen LogP contribution in [0.5, 0.6) is 17.2 Å². The summed E-state index contributed by atoms with van der Waals surface area (Å²) in [6.45, 7) is 0.997. The second kappa shape index (κ2) is 4.65. The molecule has 0 amide bonds. The molecule has 1 aliphatic carbocycles. The first-order chi connectivity index (χ1) is 10.6. The number of nitrogens with zero attached hydrogens (tertiary/aromatic N) is 1. The molecule has 0 saturated heterocycles. The Morgan fingerprint density at radius 1 is 1.18 bits per heavy atom. The van der Waals surface area contributed by atoms with E-state index in [-0.39, 0.29) is 11.5 Å². The van der Waals surface area contributed by atoms with Crippen LogP contribution in [-0.4, -0.2) is 35.8 Å². The third-order valence-electron chi connectivity index (χ3n) is 5.04. The highest BCUT2D eigenvalue weighted by molar-refractivity contribution is 5.83. The van der Waals surface area contributed by atoms with Crippen LogP contribution in [-0.2, 0) is 12.8 Å². The van der Waals surface area contributed by atoms with E-state index in [9.17, 15) is 10.2 Å². The van der Waals surface area contributed by atoms with Crippen molar-refractivity contribution < 1.29 is 14.9 Å². The zero-order valence-corrected chi connectivity index (χ0v) is 12.8. The van der Waals surface area contributed by atoms with Gasteiger partial charge < -0.3 is 14.9 Å². The third kappa shape index (κ3) is 1.67. The number of likely N-dealkylation sites (N-methyl/N-ethyl adjacent to an activating group) is 1. The van der Waals surface area contributed by atoms with Crippen molar-refractivity contribution in [3.05, 3.63) is 41.0 Å². The Labute approximate surface area is 129 Å². The number of methoxy groups -OCH3 is 1. The number of benzene rings is 2. The van der Waals surface area contributed by atoms with Crippen LogP contribution in [0.25, 0.3) is 11.1 Å². The highest BCUT2D eigenvalue weighted by atomic mass is 16.5. The van der Waals surface area contributed by atoms with Crippen molar-refractivity contribution in [2.75, 3.05) is 20.7 Å². The zero-order valence-electron chi connectivity index (χ0n) is 12.8. The summed E-state index contributed by atoms with van der Waals surface area (Å²) >= 11 is 0. The fraction of sp³-hybridized carbons (Fsp3) is 0.333. The molecule has 22 heavy (non-hydrogen) atoms. The van der Waals surface area contributed by atoms with Gasteiger partial charge in [-0.05, 0) is 48.7 Å². The van der Waals surface area contributed by atoms with Crippen molar-refractivity contribution >= 4 is 0 Å². The predicted molar refractivity (Wildman–Crippen MR) is 84.5 cm³/mol. The summed E-state index contributed by atoms with van der Waals surface area (Å²) in [4.78, 5) is 2.36. The Bertz CT molecular complexity index is 769. The second-order valence-corrected chi connectivity index (χ2v) is 6.13. The number of aromatic hydroxyl groups is 2. The van der Waals surface area contributed by atoms with Crippen LogP contribution in [0.3, 0.4) is 0 Å². The number of hydrogen-bond acceptors (Lipinski definition) is 4. The lowest BCUT2D eigenvalue weighted by atomic mass is 9.76. The van der Waals surface area contributed by atoms with Crippen molar-refractivity contribution in [1.82, 2.24) is 4.90 Å². The third-order valence-corrected chi connectivity index (χ3v) is 5.04. The summed E-state index contributed by atoms with van der Waals surface area (Å²) < 4.78 is 5.53. The van der Waals surface area contributed by atoms with Crippen LogP contribution in [0, 0.1) is 0 Å². The Morgan fingerprint density at radius 3 is 2.77 bits per heavy atom. The van der Waals surface area contributed by atoms with Crippen molar-refractivity contribution in [3.63, 3.8) is 0 Å². The normalized spacial score (nSPS) is 19.5. The number of phenols is 2. The van der Waals surface area contributed by atoms with Gasteiger partial charge in [0.15, 0.2) is 11.5 Å². The van der Waals surface area contributed by atoms with Gasteiger partial charge in [-0.25, -0.2) is 0 Å². The molecule has 0 bridgehead atoms. The Balaban J connectivity index is 2.05. The molecule has 0 radical (unpaired) electrons. The van der Waals surface area contributed by atoms with Crippen LogP contribution in [0.1, 0.15) is 22.7 Å². The molecule has 0 saturated carbocycles. The fourth-order valence-corrected chi connectivity index (χ4v) is 3.92. The lowest BCUT2D eigenvalue weighted by molar-refractivity contribution is 0.225. The lowest BCUT2D eigenvalue weighted by Gasteiger charge is -2.40. The van der Waals surface area contributed by atoms with Crippen LogP contribution >= 0.6 is 0 Å². The van der Waals surface area contributed by atoms with E-state index in [1.54, 1.807) is 13.2 Å². The molecule has 2 N–H and O–H groups in total. The largest absolute Gasteiger partial charge is 0.504 e. The molecule has 1 unspecified atom stereocenters. The molecule has 2 aromatic rings. The number of ether oxygens (including phenoxy) is 1. The monoisotopic (exact) mass is 297 g/mol. The van der Waals surface area contributed by atoms with Gasteiger partial charge in [-0.2, -0.15) is 0 Å². The molecule has 0 spiro atoms. The van der Waals surface area contributed by atoms with Crippen LogP contribution in [0.15, 0.2) is 24.3 Å². The average molecular weight is 297 g/mol. The summed E-state index contributed by atoms with van der Waals surface area (Å²) in [6, 6.07) is 7.76. The van der Waals surface area contributed by atoms with Crippen molar-refractivity contribution in [1.29, 1.82) is 0 Å². The molecule has 2 aromatic carbocycles. The number of phenolic OH excluding ortho intramolecular Hbond substituents is 2. The Morgan fingerprint density at radius 2 is 2.00 bits per heavy atom. The van der Waals surface area contributed by atoms with Crippen LogP contribution < -0.4 is 4.74 Å². The molecular formula is C18H19NO3. The van der Waals surface area contributed by atoms with Crippen LogP contribution in [0.2, 0.25) is 0 Å². The lowest BCUT2D eigenvalue weighted by Crippen LogP contribution is -2.35. The molecule has 4 nitrogen and oxygen atoms in total. The number of fused-ring (bicyclic) bond motifs is 2. The highest BCUT2D eigenvalue weighted by Crippen LogP contribution is 2.51. The highest BCUT2D eigenvalue weighted by Gasteiger charge is 2.35.